The first kappa shape index (κ1) is 20.4. The van der Waals surface area contributed by atoms with Gasteiger partial charge in [-0.25, -0.2) is 0 Å². The standard InChI is InChI=1S/C14H20F2N2O3.ClH/c1-3-20-12-7-10(4-5-11(12)21-14(15)16)8-18-13(19)6-9(2)17;/h4-5,7,9,14H,3,6,8,17H2,1-2H3,(H,18,19);1H. The second-order valence-corrected chi connectivity index (χ2v) is 4.55. The zero-order valence-corrected chi connectivity index (χ0v) is 13.3. The molecule has 0 aromatic heterocycles. The molecular formula is C14H21ClF2N2O3. The average Bonchev–Trinajstić information content (AvgIpc) is 2.38. The summed E-state index contributed by atoms with van der Waals surface area (Å²) >= 11 is 0. The number of nitrogens with one attached hydrogen (secondary N) is 1. The van der Waals surface area contributed by atoms with E-state index in [0.717, 1.165) is 5.56 Å². The minimum atomic E-state index is -2.92. The molecule has 3 N–H and O–H groups in total. The molecule has 5 nitrogen and oxygen atoms in total. The Kier molecular flexibility index (Phi) is 9.44. The molecule has 1 aromatic rings. The lowest BCUT2D eigenvalue weighted by Gasteiger charge is -2.13. The van der Waals surface area contributed by atoms with Crippen LogP contribution in [0.4, 0.5) is 8.78 Å². The van der Waals surface area contributed by atoms with Crippen molar-refractivity contribution in [3.63, 3.8) is 0 Å². The van der Waals surface area contributed by atoms with Crippen LogP contribution in [0.15, 0.2) is 18.2 Å². The molecule has 0 saturated carbocycles. The van der Waals surface area contributed by atoms with Gasteiger partial charge in [0.15, 0.2) is 11.5 Å². The van der Waals surface area contributed by atoms with Crippen molar-refractivity contribution in [3.05, 3.63) is 23.8 Å². The van der Waals surface area contributed by atoms with E-state index in [9.17, 15) is 13.6 Å². The first-order valence-electron chi connectivity index (χ1n) is 6.65. The third-order valence-corrected chi connectivity index (χ3v) is 2.52. The van der Waals surface area contributed by atoms with Gasteiger partial charge in [0, 0.05) is 19.0 Å². The summed E-state index contributed by atoms with van der Waals surface area (Å²) in [6.45, 7) is 1.15. The van der Waals surface area contributed by atoms with Gasteiger partial charge in [0.1, 0.15) is 0 Å². The zero-order valence-electron chi connectivity index (χ0n) is 12.5. The maximum absolute atomic E-state index is 12.3. The van der Waals surface area contributed by atoms with Crippen molar-refractivity contribution in [2.45, 2.75) is 39.5 Å². The van der Waals surface area contributed by atoms with Crippen LogP contribution in [0.2, 0.25) is 0 Å². The van der Waals surface area contributed by atoms with Gasteiger partial charge in [0.05, 0.1) is 6.61 Å². The number of hydrogen-bond donors (Lipinski definition) is 2. The Morgan fingerprint density at radius 3 is 2.59 bits per heavy atom. The van der Waals surface area contributed by atoms with Gasteiger partial charge in [0.25, 0.3) is 0 Å². The monoisotopic (exact) mass is 338 g/mol. The van der Waals surface area contributed by atoms with Crippen LogP contribution in [0.25, 0.3) is 0 Å². The van der Waals surface area contributed by atoms with E-state index in [0.29, 0.717) is 6.61 Å². The molecule has 0 bridgehead atoms. The van der Waals surface area contributed by atoms with E-state index in [2.05, 4.69) is 10.1 Å². The SMILES string of the molecule is CCOc1cc(CNC(=O)CC(C)N)ccc1OC(F)F.Cl. The van der Waals surface area contributed by atoms with Crippen LogP contribution < -0.4 is 20.5 Å². The second kappa shape index (κ2) is 10.2. The number of carbonyl (C=O) groups excluding carboxylic acids is 1. The third-order valence-electron chi connectivity index (χ3n) is 2.52. The summed E-state index contributed by atoms with van der Waals surface area (Å²) in [5.74, 6) is 0.0186. The lowest BCUT2D eigenvalue weighted by molar-refractivity contribution is -0.121. The van der Waals surface area contributed by atoms with Crippen LogP contribution in [0.1, 0.15) is 25.8 Å². The fraction of sp³-hybridized carbons (Fsp3) is 0.500. The van der Waals surface area contributed by atoms with E-state index in [1.807, 2.05) is 0 Å². The van der Waals surface area contributed by atoms with Gasteiger partial charge in [-0.05, 0) is 31.5 Å². The number of rotatable bonds is 8. The Hall–Kier alpha value is -1.60. The first-order valence-corrected chi connectivity index (χ1v) is 6.65. The van der Waals surface area contributed by atoms with Gasteiger partial charge in [-0.1, -0.05) is 6.07 Å². The molecule has 1 aromatic carbocycles. The molecule has 0 aliphatic heterocycles. The Labute approximate surface area is 134 Å². The van der Waals surface area contributed by atoms with Gasteiger partial charge in [0.2, 0.25) is 5.91 Å². The van der Waals surface area contributed by atoms with Crippen molar-refractivity contribution < 1.29 is 23.0 Å². The molecule has 0 radical (unpaired) electrons. The molecule has 126 valence electrons. The molecule has 1 amide bonds. The van der Waals surface area contributed by atoms with Crippen LogP contribution in [0, 0.1) is 0 Å². The molecule has 1 unspecified atom stereocenters. The largest absolute Gasteiger partial charge is 0.490 e. The number of alkyl halides is 2. The number of benzene rings is 1. The van der Waals surface area contributed by atoms with E-state index in [1.54, 1.807) is 26.0 Å². The van der Waals surface area contributed by atoms with Crippen molar-refractivity contribution >= 4 is 18.3 Å². The highest BCUT2D eigenvalue weighted by atomic mass is 35.5. The predicted octanol–water partition coefficient (Wildman–Crippen LogP) is 2.46. The van der Waals surface area contributed by atoms with E-state index in [-0.39, 0.29) is 48.8 Å². The Morgan fingerprint density at radius 1 is 1.36 bits per heavy atom. The number of carbonyl (C=O) groups is 1. The summed E-state index contributed by atoms with van der Waals surface area (Å²) in [5.41, 5.74) is 6.24. The van der Waals surface area contributed by atoms with E-state index >= 15 is 0 Å². The molecule has 1 atom stereocenters. The molecule has 0 saturated heterocycles. The molecule has 0 fully saturated rings. The summed E-state index contributed by atoms with van der Waals surface area (Å²) in [4.78, 5) is 11.5. The number of hydrogen-bond acceptors (Lipinski definition) is 4. The van der Waals surface area contributed by atoms with Gasteiger partial charge >= 0.3 is 6.61 Å². The number of ether oxygens (including phenoxy) is 2. The smallest absolute Gasteiger partial charge is 0.387 e. The van der Waals surface area contributed by atoms with E-state index < -0.39 is 6.61 Å². The molecule has 22 heavy (non-hydrogen) atoms. The molecule has 0 aliphatic carbocycles. The Balaban J connectivity index is 0.00000441. The zero-order chi connectivity index (χ0) is 15.8. The molecule has 8 heteroatoms. The van der Waals surface area contributed by atoms with Crippen molar-refractivity contribution in [3.8, 4) is 11.5 Å². The summed E-state index contributed by atoms with van der Waals surface area (Å²) < 4.78 is 34.2. The maximum atomic E-state index is 12.3. The molecule has 0 spiro atoms. The quantitative estimate of drug-likeness (QED) is 0.763. The summed E-state index contributed by atoms with van der Waals surface area (Å²) in [5, 5.41) is 2.70. The van der Waals surface area contributed by atoms with Crippen LogP contribution in [0.3, 0.4) is 0 Å². The molecule has 1 rings (SSSR count). The van der Waals surface area contributed by atoms with E-state index in [4.69, 9.17) is 10.5 Å². The number of nitrogens with two attached hydrogens (primary N) is 1. The van der Waals surface area contributed by atoms with Crippen LogP contribution in [0.5, 0.6) is 11.5 Å². The highest BCUT2D eigenvalue weighted by Crippen LogP contribution is 2.29. The second-order valence-electron chi connectivity index (χ2n) is 4.55. The van der Waals surface area contributed by atoms with E-state index in [1.165, 1.54) is 6.07 Å². The maximum Gasteiger partial charge on any atom is 0.387 e. The summed E-state index contributed by atoms with van der Waals surface area (Å²) in [7, 11) is 0. The molecular weight excluding hydrogens is 318 g/mol. The lowest BCUT2D eigenvalue weighted by Crippen LogP contribution is -2.29. The highest BCUT2D eigenvalue weighted by molar-refractivity contribution is 5.85. The van der Waals surface area contributed by atoms with Gasteiger partial charge in [-0.2, -0.15) is 8.78 Å². The normalized spacial score (nSPS) is 11.5. The first-order chi connectivity index (χ1) is 9.92. The molecule has 0 heterocycles. The van der Waals surface area contributed by atoms with Crippen LogP contribution in [-0.4, -0.2) is 25.2 Å². The van der Waals surface area contributed by atoms with Crippen molar-refractivity contribution in [1.29, 1.82) is 0 Å². The van der Waals surface area contributed by atoms with Crippen molar-refractivity contribution in [1.82, 2.24) is 5.32 Å². The number of amides is 1. The minimum Gasteiger partial charge on any atom is -0.490 e. The summed E-state index contributed by atoms with van der Waals surface area (Å²) in [6, 6.07) is 4.33. The van der Waals surface area contributed by atoms with Gasteiger partial charge in [-0.3, -0.25) is 4.79 Å². The summed E-state index contributed by atoms with van der Waals surface area (Å²) in [6.07, 6.45) is 0.227. The number of halogens is 3. The Morgan fingerprint density at radius 2 is 2.05 bits per heavy atom. The highest BCUT2D eigenvalue weighted by Gasteiger charge is 2.12. The van der Waals surface area contributed by atoms with Crippen molar-refractivity contribution in [2.75, 3.05) is 6.61 Å². The van der Waals surface area contributed by atoms with Crippen LogP contribution >= 0.6 is 12.4 Å². The average molecular weight is 339 g/mol. The van der Waals surface area contributed by atoms with Crippen molar-refractivity contribution in [2.24, 2.45) is 5.73 Å². The topological polar surface area (TPSA) is 73.6 Å². The van der Waals surface area contributed by atoms with Crippen LogP contribution in [-0.2, 0) is 11.3 Å². The molecule has 0 aliphatic rings. The predicted molar refractivity (Wildman–Crippen MR) is 81.6 cm³/mol. The fourth-order valence-corrected chi connectivity index (χ4v) is 1.69. The third kappa shape index (κ3) is 7.42. The minimum absolute atomic E-state index is 0. The van der Waals surface area contributed by atoms with Gasteiger partial charge < -0.3 is 20.5 Å². The lowest BCUT2D eigenvalue weighted by atomic mass is 10.2. The van der Waals surface area contributed by atoms with Gasteiger partial charge in [-0.15, -0.1) is 12.4 Å². The Bertz CT molecular complexity index is 473. The fourth-order valence-electron chi connectivity index (χ4n) is 1.69.